The molecule has 0 aliphatic heterocycles. The monoisotopic (exact) mass is 300 g/mol. The van der Waals surface area contributed by atoms with Gasteiger partial charge in [0, 0.05) is 11.4 Å². The first-order chi connectivity index (χ1) is 9.58. The van der Waals surface area contributed by atoms with Crippen LogP contribution in [0, 0.1) is 0 Å². The van der Waals surface area contributed by atoms with Crippen LogP contribution in [0.5, 0.6) is 5.75 Å². The second-order valence-electron chi connectivity index (χ2n) is 4.55. The number of benzene rings is 1. The summed E-state index contributed by atoms with van der Waals surface area (Å²) >= 11 is 5.77. The zero-order chi connectivity index (χ0) is 14.8. The third-order valence-electron chi connectivity index (χ3n) is 2.41. The van der Waals surface area contributed by atoms with E-state index < -0.39 is 0 Å². The molecule has 1 aromatic rings. The van der Waals surface area contributed by atoms with Crippen molar-refractivity contribution >= 4 is 17.6 Å². The molecule has 0 bridgehead atoms. The highest BCUT2D eigenvalue weighted by Crippen LogP contribution is 2.15. The third-order valence-corrected chi connectivity index (χ3v) is 2.66. The Kier molecular flexibility index (Phi) is 8.07. The van der Waals surface area contributed by atoms with Gasteiger partial charge in [-0.05, 0) is 44.5 Å². The summed E-state index contributed by atoms with van der Waals surface area (Å²) in [6.45, 7) is 5.09. The molecule has 0 spiro atoms. The fourth-order valence-electron chi connectivity index (χ4n) is 1.45. The minimum atomic E-state index is -0.225. The Labute approximate surface area is 125 Å². The van der Waals surface area contributed by atoms with Crippen molar-refractivity contribution < 1.29 is 19.0 Å². The van der Waals surface area contributed by atoms with E-state index in [1.54, 1.807) is 24.3 Å². The van der Waals surface area contributed by atoms with Gasteiger partial charge in [0.25, 0.3) is 0 Å². The van der Waals surface area contributed by atoms with Gasteiger partial charge in [0.2, 0.25) is 0 Å². The van der Waals surface area contributed by atoms with Crippen molar-refractivity contribution in [3.8, 4) is 5.75 Å². The molecule has 0 aliphatic rings. The normalized spacial score (nSPS) is 10.6. The molecule has 0 atom stereocenters. The summed E-state index contributed by atoms with van der Waals surface area (Å²) in [5, 5.41) is 0.671. The molecule has 0 saturated heterocycles. The largest absolute Gasteiger partial charge is 0.494 e. The maximum absolute atomic E-state index is 11.4. The van der Waals surface area contributed by atoms with Crippen LogP contribution in [0.15, 0.2) is 24.3 Å². The Morgan fingerprint density at radius 2 is 1.85 bits per heavy atom. The molecule has 0 radical (unpaired) electrons. The van der Waals surface area contributed by atoms with Gasteiger partial charge in [0.1, 0.15) is 12.4 Å². The lowest BCUT2D eigenvalue weighted by Crippen LogP contribution is -2.14. The van der Waals surface area contributed by atoms with Crippen molar-refractivity contribution in [3.63, 3.8) is 0 Å². The van der Waals surface area contributed by atoms with E-state index in [-0.39, 0.29) is 12.1 Å². The fourth-order valence-corrected chi connectivity index (χ4v) is 1.57. The van der Waals surface area contributed by atoms with Crippen molar-refractivity contribution in [2.24, 2.45) is 0 Å². The Bertz CT molecular complexity index is 389. The van der Waals surface area contributed by atoms with Crippen LogP contribution >= 0.6 is 11.6 Å². The number of esters is 1. The molecule has 0 aromatic heterocycles. The third kappa shape index (κ3) is 8.02. The van der Waals surface area contributed by atoms with E-state index in [9.17, 15) is 4.79 Å². The molecule has 1 aromatic carbocycles. The summed E-state index contributed by atoms with van der Waals surface area (Å²) in [6, 6.07) is 7.12. The average molecular weight is 301 g/mol. The molecule has 1 rings (SSSR count). The van der Waals surface area contributed by atoms with Crippen molar-refractivity contribution in [3.05, 3.63) is 29.3 Å². The van der Waals surface area contributed by atoms with Crippen LogP contribution in [0.25, 0.3) is 0 Å². The number of hydrogen-bond acceptors (Lipinski definition) is 4. The van der Waals surface area contributed by atoms with Crippen molar-refractivity contribution in [2.75, 3.05) is 19.8 Å². The van der Waals surface area contributed by atoms with E-state index in [1.807, 2.05) is 13.8 Å². The Balaban J connectivity index is 2.03. The quantitative estimate of drug-likeness (QED) is 0.517. The molecular formula is C15H21ClO4. The van der Waals surface area contributed by atoms with Gasteiger partial charge < -0.3 is 14.2 Å². The maximum atomic E-state index is 11.4. The first-order valence-corrected chi connectivity index (χ1v) is 7.11. The minimum Gasteiger partial charge on any atom is -0.494 e. The zero-order valence-electron chi connectivity index (χ0n) is 11.9. The zero-order valence-corrected chi connectivity index (χ0v) is 12.7. The second kappa shape index (κ2) is 9.61. The summed E-state index contributed by atoms with van der Waals surface area (Å²) in [5.41, 5.74) is 0. The number of rotatable bonds is 9. The summed E-state index contributed by atoms with van der Waals surface area (Å²) in [5.74, 6) is 0.519. The molecule has 0 saturated carbocycles. The van der Waals surface area contributed by atoms with Crippen molar-refractivity contribution in [2.45, 2.75) is 32.8 Å². The average Bonchev–Trinajstić information content (AvgIpc) is 2.41. The summed E-state index contributed by atoms with van der Waals surface area (Å²) in [7, 11) is 0. The lowest BCUT2D eigenvalue weighted by molar-refractivity contribution is -0.145. The summed E-state index contributed by atoms with van der Waals surface area (Å²) < 4.78 is 15.8. The molecule has 112 valence electrons. The molecule has 0 fully saturated rings. The topological polar surface area (TPSA) is 44.8 Å². The van der Waals surface area contributed by atoms with Crippen LogP contribution in [0.3, 0.4) is 0 Å². The van der Waals surface area contributed by atoms with Crippen LogP contribution in [-0.2, 0) is 14.3 Å². The van der Waals surface area contributed by atoms with E-state index in [2.05, 4.69) is 0 Å². The molecule has 0 unspecified atom stereocenters. The van der Waals surface area contributed by atoms with Crippen LogP contribution in [0.1, 0.15) is 26.7 Å². The molecule has 0 N–H and O–H groups in total. The maximum Gasteiger partial charge on any atom is 0.305 e. The van der Waals surface area contributed by atoms with Crippen molar-refractivity contribution in [1.82, 2.24) is 0 Å². The number of ether oxygens (including phenoxy) is 3. The summed E-state index contributed by atoms with van der Waals surface area (Å²) in [6.07, 6.45) is 1.11. The summed E-state index contributed by atoms with van der Waals surface area (Å²) in [4.78, 5) is 11.4. The van der Waals surface area contributed by atoms with Gasteiger partial charge in [0.15, 0.2) is 0 Å². The minimum absolute atomic E-state index is 0.154. The molecule has 0 heterocycles. The molecule has 4 nitrogen and oxygen atoms in total. The number of halogens is 1. The smallest absolute Gasteiger partial charge is 0.305 e. The SMILES string of the molecule is CC(C)OCCOC(=O)CCCOc1ccc(Cl)cc1. The number of hydrogen-bond donors (Lipinski definition) is 0. The Morgan fingerprint density at radius 1 is 1.15 bits per heavy atom. The van der Waals surface area contributed by atoms with E-state index in [4.69, 9.17) is 25.8 Å². The van der Waals surface area contributed by atoms with Crippen molar-refractivity contribution in [1.29, 1.82) is 0 Å². The fraction of sp³-hybridized carbons (Fsp3) is 0.533. The van der Waals surface area contributed by atoms with E-state index in [1.165, 1.54) is 0 Å². The van der Waals surface area contributed by atoms with Gasteiger partial charge in [0.05, 0.1) is 19.3 Å². The van der Waals surface area contributed by atoms with Crippen LogP contribution in [-0.4, -0.2) is 31.9 Å². The first-order valence-electron chi connectivity index (χ1n) is 6.73. The predicted molar refractivity (Wildman–Crippen MR) is 78.2 cm³/mol. The van der Waals surface area contributed by atoms with E-state index in [0.29, 0.717) is 37.7 Å². The van der Waals surface area contributed by atoms with Crippen LogP contribution < -0.4 is 4.74 Å². The lowest BCUT2D eigenvalue weighted by Gasteiger charge is -2.08. The lowest BCUT2D eigenvalue weighted by atomic mass is 10.3. The first kappa shape index (κ1) is 16.8. The highest BCUT2D eigenvalue weighted by atomic mass is 35.5. The van der Waals surface area contributed by atoms with Gasteiger partial charge in [-0.2, -0.15) is 0 Å². The Hall–Kier alpha value is -1.26. The standard InChI is InChI=1S/C15H21ClO4/c1-12(2)18-10-11-20-15(17)4-3-9-19-14-7-5-13(16)6-8-14/h5-8,12H,3-4,9-11H2,1-2H3. The van der Waals surface area contributed by atoms with Crippen LogP contribution in [0.4, 0.5) is 0 Å². The molecule has 20 heavy (non-hydrogen) atoms. The highest BCUT2D eigenvalue weighted by Gasteiger charge is 2.03. The van der Waals surface area contributed by atoms with E-state index >= 15 is 0 Å². The highest BCUT2D eigenvalue weighted by molar-refractivity contribution is 6.30. The molecule has 0 aliphatic carbocycles. The van der Waals surface area contributed by atoms with Gasteiger partial charge in [-0.25, -0.2) is 0 Å². The van der Waals surface area contributed by atoms with Gasteiger partial charge >= 0.3 is 5.97 Å². The molecular weight excluding hydrogens is 280 g/mol. The van der Waals surface area contributed by atoms with Crippen LogP contribution in [0.2, 0.25) is 5.02 Å². The predicted octanol–water partition coefficient (Wildman–Crippen LogP) is 3.47. The second-order valence-corrected chi connectivity index (χ2v) is 4.98. The Morgan fingerprint density at radius 3 is 2.50 bits per heavy atom. The van der Waals surface area contributed by atoms with Gasteiger partial charge in [-0.3, -0.25) is 4.79 Å². The molecule has 0 amide bonds. The number of carbonyl (C=O) groups is 1. The molecule has 5 heteroatoms. The van der Waals surface area contributed by atoms with Gasteiger partial charge in [-0.15, -0.1) is 0 Å². The van der Waals surface area contributed by atoms with Gasteiger partial charge in [-0.1, -0.05) is 11.6 Å². The number of carbonyl (C=O) groups excluding carboxylic acids is 1. The van der Waals surface area contributed by atoms with E-state index in [0.717, 1.165) is 5.75 Å².